The molecule has 0 radical (unpaired) electrons. The van der Waals surface area contributed by atoms with E-state index in [1.165, 1.54) is 25.0 Å². The van der Waals surface area contributed by atoms with E-state index < -0.39 is 0 Å². The summed E-state index contributed by atoms with van der Waals surface area (Å²) in [5.41, 5.74) is 1.56. The Labute approximate surface area is 166 Å². The molecule has 0 unspecified atom stereocenters. The van der Waals surface area contributed by atoms with Gasteiger partial charge in [0, 0.05) is 38.8 Å². The van der Waals surface area contributed by atoms with E-state index in [2.05, 4.69) is 20.3 Å². The van der Waals surface area contributed by atoms with Crippen LogP contribution in [0.15, 0.2) is 24.4 Å². The fraction of sp³-hybridized carbons (Fsp3) is 0.400. The van der Waals surface area contributed by atoms with Crippen molar-refractivity contribution in [2.45, 2.75) is 25.8 Å². The van der Waals surface area contributed by atoms with Crippen molar-refractivity contribution in [2.75, 3.05) is 19.6 Å². The number of hydrogen-bond acceptors (Lipinski definition) is 4. The molecule has 1 aliphatic carbocycles. The van der Waals surface area contributed by atoms with Gasteiger partial charge in [-0.25, -0.2) is 14.4 Å². The van der Waals surface area contributed by atoms with Crippen LogP contribution in [0.5, 0.6) is 0 Å². The lowest BCUT2D eigenvalue weighted by Gasteiger charge is -2.27. The van der Waals surface area contributed by atoms with Gasteiger partial charge in [-0.15, -0.1) is 0 Å². The van der Waals surface area contributed by atoms with E-state index in [-0.39, 0.29) is 23.3 Å². The molecular weight excluding hydrogens is 375 g/mol. The molecule has 2 amide bonds. The van der Waals surface area contributed by atoms with Crippen molar-refractivity contribution < 1.29 is 14.0 Å². The van der Waals surface area contributed by atoms with E-state index >= 15 is 0 Å². The summed E-state index contributed by atoms with van der Waals surface area (Å²) >= 11 is 0. The number of carbonyl (C=O) groups excluding carboxylic acids is 2. The fourth-order valence-corrected chi connectivity index (χ4v) is 3.66. The van der Waals surface area contributed by atoms with Crippen LogP contribution in [0, 0.1) is 11.7 Å². The Morgan fingerprint density at radius 2 is 2.14 bits per heavy atom. The third-order valence-corrected chi connectivity index (χ3v) is 5.41. The second-order valence-corrected chi connectivity index (χ2v) is 7.69. The van der Waals surface area contributed by atoms with Gasteiger partial charge >= 0.3 is 0 Å². The van der Waals surface area contributed by atoms with E-state index in [1.807, 2.05) is 4.90 Å². The zero-order valence-corrected chi connectivity index (χ0v) is 15.8. The Bertz CT molecular complexity index is 1100. The summed E-state index contributed by atoms with van der Waals surface area (Å²) < 4.78 is 15.0. The average Bonchev–Trinajstić information content (AvgIpc) is 3.25. The molecule has 0 bridgehead atoms. The summed E-state index contributed by atoms with van der Waals surface area (Å²) in [6.07, 6.45) is 4.49. The Morgan fingerprint density at radius 3 is 2.97 bits per heavy atom. The van der Waals surface area contributed by atoms with Gasteiger partial charge in [0.15, 0.2) is 5.82 Å². The summed E-state index contributed by atoms with van der Waals surface area (Å²) in [5, 5.41) is 2.81. The highest BCUT2D eigenvalue weighted by molar-refractivity contribution is 5.96. The molecule has 9 heteroatoms. The molecule has 0 spiro atoms. The second-order valence-electron chi connectivity index (χ2n) is 7.69. The van der Waals surface area contributed by atoms with E-state index in [9.17, 15) is 14.0 Å². The van der Waals surface area contributed by atoms with Gasteiger partial charge in [-0.05, 0) is 37.0 Å². The monoisotopic (exact) mass is 396 g/mol. The van der Waals surface area contributed by atoms with Crippen LogP contribution in [0.2, 0.25) is 0 Å². The van der Waals surface area contributed by atoms with Gasteiger partial charge in [0.2, 0.25) is 0 Å². The number of hydrogen-bond donors (Lipinski definition) is 2. The van der Waals surface area contributed by atoms with E-state index in [1.54, 1.807) is 16.8 Å². The molecule has 0 saturated heterocycles. The number of H-pyrrole nitrogens is 1. The zero-order valence-electron chi connectivity index (χ0n) is 15.8. The molecule has 8 nitrogen and oxygen atoms in total. The number of aromatic nitrogens is 4. The number of benzene rings is 1. The van der Waals surface area contributed by atoms with Gasteiger partial charge in [0.05, 0.1) is 11.0 Å². The largest absolute Gasteiger partial charge is 0.350 e. The van der Waals surface area contributed by atoms with Crippen LogP contribution < -0.4 is 5.32 Å². The molecule has 5 rings (SSSR count). The van der Waals surface area contributed by atoms with Gasteiger partial charge in [-0.1, -0.05) is 0 Å². The van der Waals surface area contributed by atoms with Crippen LogP contribution in [0.25, 0.3) is 11.0 Å². The minimum atomic E-state index is -0.324. The van der Waals surface area contributed by atoms with Crippen LogP contribution in [-0.2, 0) is 13.0 Å². The van der Waals surface area contributed by atoms with Crippen molar-refractivity contribution in [3.8, 4) is 0 Å². The smallest absolute Gasteiger partial charge is 0.289 e. The van der Waals surface area contributed by atoms with Gasteiger partial charge in [0.1, 0.15) is 17.3 Å². The summed E-state index contributed by atoms with van der Waals surface area (Å²) in [6, 6.07) is 4.37. The summed E-state index contributed by atoms with van der Waals surface area (Å²) in [4.78, 5) is 38.6. The van der Waals surface area contributed by atoms with Crippen molar-refractivity contribution in [1.82, 2.24) is 29.7 Å². The van der Waals surface area contributed by atoms with Crippen molar-refractivity contribution in [3.05, 3.63) is 47.6 Å². The SMILES string of the molecule is O=C(NCCc1nc2ccc(F)cc2[nH]1)c1cn2c(n1)C(=O)N(CC1CC1)CC2. The lowest BCUT2D eigenvalue weighted by Crippen LogP contribution is -2.41. The number of carbonyl (C=O) groups is 2. The number of nitrogens with zero attached hydrogens (tertiary/aromatic N) is 4. The Morgan fingerprint density at radius 1 is 1.28 bits per heavy atom. The molecule has 2 aromatic heterocycles. The molecule has 2 aliphatic rings. The maximum atomic E-state index is 13.3. The Balaban J connectivity index is 1.20. The van der Waals surface area contributed by atoms with Crippen LogP contribution in [0.3, 0.4) is 0 Å². The van der Waals surface area contributed by atoms with E-state index in [0.717, 1.165) is 6.54 Å². The summed E-state index contributed by atoms with van der Waals surface area (Å²) in [7, 11) is 0. The van der Waals surface area contributed by atoms with Gasteiger partial charge in [-0.3, -0.25) is 9.59 Å². The topological polar surface area (TPSA) is 95.9 Å². The highest BCUT2D eigenvalue weighted by atomic mass is 19.1. The predicted molar refractivity (Wildman–Crippen MR) is 103 cm³/mol. The predicted octanol–water partition coefficient (Wildman–Crippen LogP) is 1.74. The maximum absolute atomic E-state index is 13.3. The van der Waals surface area contributed by atoms with Gasteiger partial charge < -0.3 is 19.8 Å². The van der Waals surface area contributed by atoms with Gasteiger partial charge in [0.25, 0.3) is 11.8 Å². The number of halogens is 1. The first-order valence-electron chi connectivity index (χ1n) is 9.85. The van der Waals surface area contributed by atoms with Crippen LogP contribution in [-0.4, -0.2) is 55.9 Å². The van der Waals surface area contributed by atoms with E-state index in [4.69, 9.17) is 0 Å². The van der Waals surface area contributed by atoms with E-state index in [0.29, 0.717) is 54.7 Å². The normalized spacial score (nSPS) is 16.3. The van der Waals surface area contributed by atoms with Crippen LogP contribution in [0.1, 0.15) is 39.8 Å². The first-order chi connectivity index (χ1) is 14.1. The molecule has 3 aromatic rings. The maximum Gasteiger partial charge on any atom is 0.289 e. The standard InChI is InChI=1S/C20H21FN6O2/c21-13-3-4-14-15(9-13)24-17(23-14)5-6-22-19(28)16-11-26-7-8-27(10-12-1-2-12)20(29)18(26)25-16/h3-4,9,11-12H,1-2,5-8,10H2,(H,22,28)(H,23,24). The molecule has 3 heterocycles. The third-order valence-electron chi connectivity index (χ3n) is 5.41. The summed E-state index contributed by atoms with van der Waals surface area (Å²) in [5.74, 6) is 0.877. The third kappa shape index (κ3) is 3.59. The quantitative estimate of drug-likeness (QED) is 0.663. The molecule has 0 atom stereocenters. The Hall–Kier alpha value is -3.23. The summed E-state index contributed by atoms with van der Waals surface area (Å²) in [6.45, 7) is 2.45. The lowest BCUT2D eigenvalue weighted by molar-refractivity contribution is 0.0688. The van der Waals surface area contributed by atoms with Crippen molar-refractivity contribution >= 4 is 22.8 Å². The number of imidazole rings is 2. The molecular formula is C20H21FN6O2. The molecule has 1 aromatic carbocycles. The highest BCUT2D eigenvalue weighted by Crippen LogP contribution is 2.30. The fourth-order valence-electron chi connectivity index (χ4n) is 3.66. The molecule has 1 aliphatic heterocycles. The van der Waals surface area contributed by atoms with Gasteiger partial charge in [-0.2, -0.15) is 0 Å². The highest BCUT2D eigenvalue weighted by Gasteiger charge is 2.32. The lowest BCUT2D eigenvalue weighted by atomic mass is 10.3. The van der Waals surface area contributed by atoms with Crippen molar-refractivity contribution in [3.63, 3.8) is 0 Å². The first kappa shape index (κ1) is 17.8. The Kier molecular flexibility index (Phi) is 4.30. The van der Waals surface area contributed by atoms with Crippen LogP contribution >= 0.6 is 0 Å². The van der Waals surface area contributed by atoms with Crippen LogP contribution in [0.4, 0.5) is 4.39 Å². The number of rotatable bonds is 6. The molecule has 2 N–H and O–H groups in total. The number of fused-ring (bicyclic) bond motifs is 2. The second kappa shape index (κ2) is 6.98. The number of aromatic amines is 1. The molecule has 150 valence electrons. The first-order valence-corrected chi connectivity index (χ1v) is 9.85. The zero-order chi connectivity index (χ0) is 20.0. The average molecular weight is 396 g/mol. The van der Waals surface area contributed by atoms with Crippen molar-refractivity contribution in [2.24, 2.45) is 5.92 Å². The number of amides is 2. The molecule has 1 fully saturated rings. The molecule has 29 heavy (non-hydrogen) atoms. The minimum absolute atomic E-state index is 0.100. The number of nitrogens with one attached hydrogen (secondary N) is 2. The minimum Gasteiger partial charge on any atom is -0.350 e. The van der Waals surface area contributed by atoms with Crippen molar-refractivity contribution in [1.29, 1.82) is 0 Å². The molecule has 1 saturated carbocycles.